The van der Waals surface area contributed by atoms with E-state index in [2.05, 4.69) is 0 Å². The fourth-order valence-corrected chi connectivity index (χ4v) is 3.07. The maximum Gasteiger partial charge on any atom is 0.308 e. The first-order valence-electron chi connectivity index (χ1n) is 8.71. The molecule has 0 aromatic heterocycles. The highest BCUT2D eigenvalue weighted by molar-refractivity contribution is 7.87. The molecule has 0 saturated heterocycles. The third-order valence-electron chi connectivity index (χ3n) is 4.08. The Morgan fingerprint density at radius 3 is 2.52 bits per heavy atom. The number of carbonyl (C=O) groups excluding carboxylic acids is 1. The molecule has 2 aromatic rings. The van der Waals surface area contributed by atoms with E-state index in [1.165, 1.54) is 6.92 Å². The molecule has 0 atom stereocenters. The fraction of sp³-hybridized carbons (Fsp3) is 0.350. The zero-order valence-electron chi connectivity index (χ0n) is 15.8. The SMILES string of the molecule is CCS(=O)(=O)Oc1cccc(CN(CCOC)C(=O)c2ccccc2C)c1. The highest BCUT2D eigenvalue weighted by atomic mass is 32.2. The van der Waals surface area contributed by atoms with Crippen LogP contribution in [-0.2, 0) is 21.4 Å². The summed E-state index contributed by atoms with van der Waals surface area (Å²) in [5.41, 5.74) is 2.31. The fourth-order valence-electron chi connectivity index (χ4n) is 2.56. The molecule has 6 nitrogen and oxygen atoms in total. The van der Waals surface area contributed by atoms with Crippen molar-refractivity contribution in [2.24, 2.45) is 0 Å². The normalized spacial score (nSPS) is 11.2. The van der Waals surface area contributed by atoms with Gasteiger partial charge in [0, 0.05) is 25.8 Å². The number of nitrogens with zero attached hydrogens (tertiary/aromatic N) is 1. The Labute approximate surface area is 160 Å². The van der Waals surface area contributed by atoms with Crippen LogP contribution in [0.25, 0.3) is 0 Å². The molecule has 0 saturated carbocycles. The molecule has 0 radical (unpaired) electrons. The smallest absolute Gasteiger partial charge is 0.308 e. The van der Waals surface area contributed by atoms with Crippen LogP contribution < -0.4 is 4.18 Å². The zero-order chi connectivity index (χ0) is 19.9. The number of methoxy groups -OCH3 is 1. The van der Waals surface area contributed by atoms with Crippen LogP contribution in [-0.4, -0.2) is 45.2 Å². The summed E-state index contributed by atoms with van der Waals surface area (Å²) in [6.07, 6.45) is 0. The van der Waals surface area contributed by atoms with Crippen molar-refractivity contribution in [3.8, 4) is 5.75 Å². The summed E-state index contributed by atoms with van der Waals surface area (Å²) in [4.78, 5) is 14.7. The highest BCUT2D eigenvalue weighted by Crippen LogP contribution is 2.19. The molecule has 0 fully saturated rings. The van der Waals surface area contributed by atoms with Crippen LogP contribution >= 0.6 is 0 Å². The van der Waals surface area contributed by atoms with E-state index in [1.807, 2.05) is 31.2 Å². The molecule has 0 aliphatic carbocycles. The van der Waals surface area contributed by atoms with Gasteiger partial charge in [-0.3, -0.25) is 4.79 Å². The molecule has 0 bridgehead atoms. The maximum atomic E-state index is 13.0. The molecule has 0 spiro atoms. The second-order valence-corrected chi connectivity index (χ2v) is 7.97. The minimum Gasteiger partial charge on any atom is -0.383 e. The summed E-state index contributed by atoms with van der Waals surface area (Å²) in [6.45, 7) is 4.55. The minimum atomic E-state index is -3.60. The van der Waals surface area contributed by atoms with E-state index in [0.29, 0.717) is 25.3 Å². The summed E-state index contributed by atoms with van der Waals surface area (Å²) in [5, 5.41) is 0. The predicted octanol–water partition coefficient (Wildman–Crippen LogP) is 3.01. The molecule has 1 amide bonds. The van der Waals surface area contributed by atoms with E-state index in [-0.39, 0.29) is 17.4 Å². The molecular formula is C20H25NO5S. The van der Waals surface area contributed by atoms with Crippen molar-refractivity contribution in [2.45, 2.75) is 20.4 Å². The van der Waals surface area contributed by atoms with Gasteiger partial charge in [0.25, 0.3) is 5.91 Å². The summed E-state index contributed by atoms with van der Waals surface area (Å²) < 4.78 is 33.5. The zero-order valence-corrected chi connectivity index (χ0v) is 16.7. The average Bonchev–Trinajstić information content (AvgIpc) is 2.65. The number of carbonyl (C=O) groups is 1. The maximum absolute atomic E-state index is 13.0. The molecule has 7 heteroatoms. The molecule has 0 N–H and O–H groups in total. The summed E-state index contributed by atoms with van der Waals surface area (Å²) in [7, 11) is -2.01. The van der Waals surface area contributed by atoms with Crippen molar-refractivity contribution in [1.29, 1.82) is 0 Å². The molecule has 2 rings (SSSR count). The second kappa shape index (κ2) is 9.53. The molecule has 0 heterocycles. The number of hydrogen-bond acceptors (Lipinski definition) is 5. The largest absolute Gasteiger partial charge is 0.383 e. The number of amides is 1. The van der Waals surface area contributed by atoms with Crippen LogP contribution in [0.3, 0.4) is 0 Å². The van der Waals surface area contributed by atoms with Crippen molar-refractivity contribution in [2.75, 3.05) is 26.0 Å². The number of rotatable bonds is 9. The van der Waals surface area contributed by atoms with Crippen molar-refractivity contribution in [1.82, 2.24) is 4.90 Å². The van der Waals surface area contributed by atoms with Crippen LogP contribution in [0, 0.1) is 6.92 Å². The molecule has 27 heavy (non-hydrogen) atoms. The summed E-state index contributed by atoms with van der Waals surface area (Å²) in [6, 6.07) is 14.2. The Bertz CT molecular complexity index is 879. The van der Waals surface area contributed by atoms with Gasteiger partial charge in [-0.25, -0.2) is 0 Å². The van der Waals surface area contributed by atoms with Gasteiger partial charge >= 0.3 is 10.1 Å². The quantitative estimate of drug-likeness (QED) is 0.615. The summed E-state index contributed by atoms with van der Waals surface area (Å²) >= 11 is 0. The Balaban J connectivity index is 2.23. The van der Waals surface area contributed by atoms with Gasteiger partial charge in [0.2, 0.25) is 0 Å². The molecule has 0 aliphatic heterocycles. The van der Waals surface area contributed by atoms with E-state index in [4.69, 9.17) is 8.92 Å². The monoisotopic (exact) mass is 391 g/mol. The van der Waals surface area contributed by atoms with Crippen LogP contribution in [0.1, 0.15) is 28.4 Å². The molecule has 2 aromatic carbocycles. The third kappa shape index (κ3) is 6.08. The van der Waals surface area contributed by atoms with Crippen LogP contribution in [0.2, 0.25) is 0 Å². The Morgan fingerprint density at radius 1 is 1.11 bits per heavy atom. The number of ether oxygens (including phenoxy) is 1. The lowest BCUT2D eigenvalue weighted by molar-refractivity contribution is 0.0679. The van der Waals surface area contributed by atoms with Gasteiger partial charge in [0.1, 0.15) is 5.75 Å². The lowest BCUT2D eigenvalue weighted by atomic mass is 10.1. The van der Waals surface area contributed by atoms with Crippen LogP contribution in [0.15, 0.2) is 48.5 Å². The van der Waals surface area contributed by atoms with Gasteiger partial charge in [-0.15, -0.1) is 0 Å². The van der Waals surface area contributed by atoms with Crippen molar-refractivity contribution < 1.29 is 22.1 Å². The lowest BCUT2D eigenvalue weighted by Crippen LogP contribution is -2.33. The number of benzene rings is 2. The number of aryl methyl sites for hydroxylation is 1. The Morgan fingerprint density at radius 2 is 1.85 bits per heavy atom. The van der Waals surface area contributed by atoms with Crippen LogP contribution in [0.4, 0.5) is 0 Å². The van der Waals surface area contributed by atoms with Crippen molar-refractivity contribution >= 4 is 16.0 Å². The van der Waals surface area contributed by atoms with Gasteiger partial charge < -0.3 is 13.8 Å². The molecular weight excluding hydrogens is 366 g/mol. The standard InChI is InChI=1S/C20H25NO5S/c1-4-27(23,24)26-18-10-7-9-17(14-18)15-21(12-13-25-3)20(22)19-11-6-5-8-16(19)2/h5-11,14H,4,12-13,15H2,1-3H3. The number of hydrogen-bond donors (Lipinski definition) is 0. The average molecular weight is 391 g/mol. The van der Waals surface area contributed by atoms with Gasteiger partial charge in [-0.2, -0.15) is 8.42 Å². The van der Waals surface area contributed by atoms with Crippen molar-refractivity contribution in [3.63, 3.8) is 0 Å². The molecule has 146 valence electrons. The third-order valence-corrected chi connectivity index (χ3v) is 5.23. The first-order valence-corrected chi connectivity index (χ1v) is 10.3. The topological polar surface area (TPSA) is 72.9 Å². The Kier molecular flexibility index (Phi) is 7.38. The van der Waals surface area contributed by atoms with Crippen molar-refractivity contribution in [3.05, 3.63) is 65.2 Å². The molecule has 0 unspecified atom stereocenters. The van der Waals surface area contributed by atoms with Gasteiger partial charge in [0.15, 0.2) is 0 Å². The summed E-state index contributed by atoms with van der Waals surface area (Å²) in [5.74, 6) is 0.0326. The van der Waals surface area contributed by atoms with E-state index in [9.17, 15) is 13.2 Å². The van der Waals surface area contributed by atoms with E-state index < -0.39 is 10.1 Å². The highest BCUT2D eigenvalue weighted by Gasteiger charge is 2.18. The van der Waals surface area contributed by atoms with Gasteiger partial charge in [-0.05, 0) is 43.2 Å². The predicted molar refractivity (Wildman–Crippen MR) is 104 cm³/mol. The first-order chi connectivity index (χ1) is 12.9. The van der Waals surface area contributed by atoms with E-state index in [0.717, 1.165) is 11.1 Å². The Hall–Kier alpha value is -2.38. The van der Waals surface area contributed by atoms with Crippen LogP contribution in [0.5, 0.6) is 5.75 Å². The second-order valence-electron chi connectivity index (χ2n) is 6.11. The first kappa shape index (κ1) is 20.9. The lowest BCUT2D eigenvalue weighted by Gasteiger charge is -2.23. The molecule has 0 aliphatic rings. The van der Waals surface area contributed by atoms with Gasteiger partial charge in [-0.1, -0.05) is 30.3 Å². The van der Waals surface area contributed by atoms with E-state index in [1.54, 1.807) is 36.3 Å². The van der Waals surface area contributed by atoms with Gasteiger partial charge in [0.05, 0.1) is 12.4 Å². The van der Waals surface area contributed by atoms with E-state index >= 15 is 0 Å². The minimum absolute atomic E-state index is 0.0994.